The molecule has 1 aromatic rings. The van der Waals surface area contributed by atoms with Crippen LogP contribution in [0.15, 0.2) is 18.2 Å². The van der Waals surface area contributed by atoms with E-state index < -0.39 is 5.41 Å². The molecule has 1 aromatic carbocycles. The Labute approximate surface area is 134 Å². The van der Waals surface area contributed by atoms with Gasteiger partial charge in [-0.3, -0.25) is 9.59 Å². The summed E-state index contributed by atoms with van der Waals surface area (Å²) in [5.41, 5.74) is -0.0379. The van der Waals surface area contributed by atoms with E-state index in [0.29, 0.717) is 36.4 Å². The van der Waals surface area contributed by atoms with Crippen molar-refractivity contribution in [1.82, 2.24) is 0 Å². The van der Waals surface area contributed by atoms with E-state index in [1.807, 2.05) is 0 Å². The average molecular weight is 310 g/mol. The molecule has 2 aliphatic carbocycles. The largest absolute Gasteiger partial charge is 0.490 e. The summed E-state index contributed by atoms with van der Waals surface area (Å²) in [6.45, 7) is 0.325. The molecule has 2 fully saturated rings. The summed E-state index contributed by atoms with van der Waals surface area (Å²) in [6.07, 6.45) is 5.10. The summed E-state index contributed by atoms with van der Waals surface area (Å²) in [5.74, 6) is 0.208. The fraction of sp³-hybridized carbons (Fsp3) is 0.500. The van der Waals surface area contributed by atoms with E-state index in [0.717, 1.165) is 25.7 Å². The Balaban J connectivity index is 1.62. The van der Waals surface area contributed by atoms with Crippen molar-refractivity contribution in [1.29, 1.82) is 5.26 Å². The molecule has 0 aromatic heterocycles. The van der Waals surface area contributed by atoms with Gasteiger partial charge in [-0.25, -0.2) is 0 Å². The Kier molecular flexibility index (Phi) is 2.99. The van der Waals surface area contributed by atoms with E-state index in [9.17, 15) is 14.9 Å². The first-order valence-corrected chi connectivity index (χ1v) is 8.14. The summed E-state index contributed by atoms with van der Waals surface area (Å²) >= 11 is 0. The van der Waals surface area contributed by atoms with Gasteiger partial charge >= 0.3 is 0 Å². The maximum absolute atomic E-state index is 12.8. The van der Waals surface area contributed by atoms with E-state index >= 15 is 0 Å². The van der Waals surface area contributed by atoms with Gasteiger partial charge in [0, 0.05) is 11.8 Å². The summed E-state index contributed by atoms with van der Waals surface area (Å²) in [5, 5.41) is 12.5. The lowest BCUT2D eigenvalue weighted by molar-refractivity contribution is -0.120. The highest BCUT2D eigenvalue weighted by Gasteiger charge is 2.72. The van der Waals surface area contributed by atoms with Crippen LogP contribution in [0.2, 0.25) is 0 Å². The first-order valence-electron chi connectivity index (χ1n) is 8.14. The van der Waals surface area contributed by atoms with E-state index in [1.54, 1.807) is 18.2 Å². The molecule has 1 atom stereocenters. The third-order valence-electron chi connectivity index (χ3n) is 5.66. The van der Waals surface area contributed by atoms with Gasteiger partial charge in [-0.2, -0.15) is 5.26 Å². The zero-order chi connectivity index (χ0) is 16.1. The number of ketones is 1. The molecular formula is C18H18N2O3. The number of amides is 1. The van der Waals surface area contributed by atoms with Crippen LogP contribution in [0, 0.1) is 22.2 Å². The molecule has 118 valence electrons. The number of carbonyl (C=O) groups excluding carboxylic acids is 2. The van der Waals surface area contributed by atoms with E-state index in [1.165, 1.54) is 0 Å². The number of fused-ring (bicyclic) bond motifs is 1. The molecule has 1 heterocycles. The molecule has 2 saturated carbocycles. The number of Topliss-reactive ketones (excluding diaryl/α,β-unsaturated/α-hetero) is 1. The van der Waals surface area contributed by atoms with Crippen molar-refractivity contribution in [2.24, 2.45) is 10.8 Å². The van der Waals surface area contributed by atoms with Crippen LogP contribution in [-0.2, 0) is 4.79 Å². The van der Waals surface area contributed by atoms with Gasteiger partial charge in [0.2, 0.25) is 5.91 Å². The van der Waals surface area contributed by atoms with Gasteiger partial charge in [0.25, 0.3) is 0 Å². The lowest BCUT2D eigenvalue weighted by Crippen LogP contribution is -2.28. The molecule has 5 heteroatoms. The number of carbonyl (C=O) groups is 2. The van der Waals surface area contributed by atoms with Crippen molar-refractivity contribution >= 4 is 17.4 Å². The number of nitriles is 1. The van der Waals surface area contributed by atoms with Gasteiger partial charge in [-0.15, -0.1) is 0 Å². The smallest absolute Gasteiger partial charge is 0.245 e. The number of anilines is 1. The van der Waals surface area contributed by atoms with Crippen molar-refractivity contribution < 1.29 is 14.3 Å². The molecule has 23 heavy (non-hydrogen) atoms. The predicted molar refractivity (Wildman–Crippen MR) is 83.1 cm³/mol. The third kappa shape index (κ3) is 1.91. The number of hydrogen-bond acceptors (Lipinski definition) is 4. The maximum atomic E-state index is 12.8. The average Bonchev–Trinajstić information content (AvgIpc) is 2.94. The topological polar surface area (TPSA) is 79.2 Å². The highest BCUT2D eigenvalue weighted by atomic mass is 16.5. The molecule has 1 N–H and O–H groups in total. The van der Waals surface area contributed by atoms with Gasteiger partial charge in [-0.1, -0.05) is 18.9 Å². The minimum atomic E-state index is -0.912. The second-order valence-electron chi connectivity index (χ2n) is 6.84. The Morgan fingerprint density at radius 1 is 1.30 bits per heavy atom. The van der Waals surface area contributed by atoms with Gasteiger partial charge < -0.3 is 10.1 Å². The second-order valence-corrected chi connectivity index (χ2v) is 6.84. The highest BCUT2D eigenvalue weighted by Crippen LogP contribution is 2.71. The summed E-state index contributed by atoms with van der Waals surface area (Å²) in [7, 11) is 0. The minimum absolute atomic E-state index is 0.0241. The molecule has 1 spiro atoms. The van der Waals surface area contributed by atoms with E-state index in [4.69, 9.17) is 4.74 Å². The van der Waals surface area contributed by atoms with Crippen LogP contribution in [0.25, 0.3) is 0 Å². The summed E-state index contributed by atoms with van der Waals surface area (Å²) in [4.78, 5) is 24.7. The van der Waals surface area contributed by atoms with Crippen LogP contribution < -0.4 is 10.1 Å². The van der Waals surface area contributed by atoms with Crippen LogP contribution in [0.1, 0.15) is 48.9 Å². The van der Waals surface area contributed by atoms with Gasteiger partial charge in [0.1, 0.15) is 5.41 Å². The van der Waals surface area contributed by atoms with Crippen molar-refractivity contribution in [3.8, 4) is 11.8 Å². The molecular weight excluding hydrogens is 292 g/mol. The number of benzene rings is 1. The first kappa shape index (κ1) is 14.3. The molecule has 4 rings (SSSR count). The number of nitrogens with one attached hydrogen (secondary N) is 1. The van der Waals surface area contributed by atoms with Crippen LogP contribution in [0.3, 0.4) is 0 Å². The Morgan fingerprint density at radius 3 is 2.83 bits per heavy atom. The zero-order valence-electron chi connectivity index (χ0n) is 12.9. The lowest BCUT2D eigenvalue weighted by atomic mass is 9.91. The van der Waals surface area contributed by atoms with Crippen LogP contribution >= 0.6 is 0 Å². The molecule has 0 saturated heterocycles. The minimum Gasteiger partial charge on any atom is -0.490 e. The Bertz CT molecular complexity index is 743. The van der Waals surface area contributed by atoms with Crippen molar-refractivity contribution in [2.75, 3.05) is 11.9 Å². The van der Waals surface area contributed by atoms with Crippen molar-refractivity contribution in [3.05, 3.63) is 23.8 Å². The zero-order valence-corrected chi connectivity index (χ0v) is 12.9. The molecule has 5 nitrogen and oxygen atoms in total. The lowest BCUT2D eigenvalue weighted by Gasteiger charge is -2.21. The monoisotopic (exact) mass is 310 g/mol. The second kappa shape index (κ2) is 4.82. The highest BCUT2D eigenvalue weighted by molar-refractivity contribution is 6.05. The SMILES string of the molecule is N#CC1(C(=O)Nc2cccc3c2OCCC3=O)CC12CCCC2. The standard InChI is InChI=1S/C18H18N2O3/c19-11-18(10-17(18)7-1-2-8-17)16(22)20-13-5-3-4-12-14(21)6-9-23-15(12)13/h3-5H,1-2,6-10H2,(H,20,22). The Hall–Kier alpha value is -2.35. The van der Waals surface area contributed by atoms with Crippen LogP contribution in [0.4, 0.5) is 5.69 Å². The fourth-order valence-corrected chi connectivity index (χ4v) is 4.27. The fourth-order valence-electron chi connectivity index (χ4n) is 4.27. The van der Waals surface area contributed by atoms with Crippen molar-refractivity contribution in [3.63, 3.8) is 0 Å². The number of nitrogens with zero attached hydrogens (tertiary/aromatic N) is 1. The quantitative estimate of drug-likeness (QED) is 0.910. The predicted octanol–water partition coefficient (Wildman–Crippen LogP) is 3.06. The number of rotatable bonds is 2. The van der Waals surface area contributed by atoms with Gasteiger partial charge in [-0.05, 0) is 31.4 Å². The molecule has 1 aliphatic heterocycles. The molecule has 1 amide bonds. The van der Waals surface area contributed by atoms with Gasteiger partial charge in [0.05, 0.1) is 23.9 Å². The first-order chi connectivity index (χ1) is 11.1. The summed E-state index contributed by atoms with van der Waals surface area (Å²) in [6, 6.07) is 7.45. The molecule has 0 radical (unpaired) electrons. The van der Waals surface area contributed by atoms with Crippen LogP contribution in [0.5, 0.6) is 5.75 Å². The normalized spacial score (nSPS) is 27.0. The maximum Gasteiger partial charge on any atom is 0.245 e. The molecule has 0 bridgehead atoms. The van der Waals surface area contributed by atoms with Gasteiger partial charge in [0.15, 0.2) is 11.5 Å². The van der Waals surface area contributed by atoms with E-state index in [2.05, 4.69) is 11.4 Å². The van der Waals surface area contributed by atoms with Crippen molar-refractivity contribution in [2.45, 2.75) is 38.5 Å². The molecule has 3 aliphatic rings. The Morgan fingerprint density at radius 2 is 2.09 bits per heavy atom. The number of hydrogen-bond donors (Lipinski definition) is 1. The number of ether oxygens (including phenoxy) is 1. The molecule has 1 unspecified atom stereocenters. The third-order valence-corrected chi connectivity index (χ3v) is 5.66. The number of para-hydroxylation sites is 1. The van der Waals surface area contributed by atoms with Crippen LogP contribution in [-0.4, -0.2) is 18.3 Å². The van der Waals surface area contributed by atoms with E-state index in [-0.39, 0.29) is 17.1 Å². The summed E-state index contributed by atoms with van der Waals surface area (Å²) < 4.78 is 5.59.